The molecule has 1 saturated carbocycles. The molecule has 18 heavy (non-hydrogen) atoms. The van der Waals surface area contributed by atoms with Crippen LogP contribution in [0.1, 0.15) is 63.9 Å². The lowest BCUT2D eigenvalue weighted by atomic mass is 9.78. The van der Waals surface area contributed by atoms with E-state index in [1.807, 2.05) is 0 Å². The highest BCUT2D eigenvalue weighted by atomic mass is 15.3. The zero-order valence-corrected chi connectivity index (χ0v) is 12.0. The van der Waals surface area contributed by atoms with Crippen molar-refractivity contribution in [2.75, 3.05) is 0 Å². The topological polar surface area (TPSA) is 43.8 Å². The molecule has 1 aromatic rings. The monoisotopic (exact) mass is 249 g/mol. The summed E-state index contributed by atoms with van der Waals surface area (Å²) in [5, 5.41) is 4.61. The number of hydrogen-bond acceptors (Lipinski definition) is 2. The van der Waals surface area contributed by atoms with Crippen LogP contribution in [0.2, 0.25) is 0 Å². The van der Waals surface area contributed by atoms with Crippen molar-refractivity contribution in [1.82, 2.24) is 9.78 Å². The van der Waals surface area contributed by atoms with Gasteiger partial charge >= 0.3 is 0 Å². The van der Waals surface area contributed by atoms with Crippen LogP contribution in [0.5, 0.6) is 0 Å². The molecule has 1 atom stereocenters. The van der Waals surface area contributed by atoms with Crippen molar-refractivity contribution in [2.45, 2.75) is 65.5 Å². The fraction of sp³-hybridized carbons (Fsp3) is 0.800. The lowest BCUT2D eigenvalue weighted by Crippen LogP contribution is -2.27. The lowest BCUT2D eigenvalue weighted by Gasteiger charge is -2.30. The number of aryl methyl sites for hydroxylation is 2. The SMILES string of the molecule is CCc1cc(C(N)C2CCC(C)CC2)n(CC)n1. The quantitative estimate of drug-likeness (QED) is 0.890. The maximum absolute atomic E-state index is 6.50. The average Bonchev–Trinajstić information content (AvgIpc) is 2.82. The molecule has 2 N–H and O–H groups in total. The molecule has 0 bridgehead atoms. The molecule has 0 aliphatic heterocycles. The van der Waals surface area contributed by atoms with Gasteiger partial charge in [0.25, 0.3) is 0 Å². The van der Waals surface area contributed by atoms with Gasteiger partial charge < -0.3 is 5.73 Å². The highest BCUT2D eigenvalue weighted by Gasteiger charge is 2.26. The van der Waals surface area contributed by atoms with Crippen molar-refractivity contribution < 1.29 is 0 Å². The minimum atomic E-state index is 0.172. The van der Waals surface area contributed by atoms with Crippen molar-refractivity contribution in [3.8, 4) is 0 Å². The Kier molecular flexibility index (Phi) is 4.44. The predicted octanol–water partition coefficient (Wildman–Crippen LogP) is 3.29. The van der Waals surface area contributed by atoms with Crippen molar-refractivity contribution >= 4 is 0 Å². The summed E-state index contributed by atoms with van der Waals surface area (Å²) in [6, 6.07) is 2.39. The summed E-state index contributed by atoms with van der Waals surface area (Å²) in [5.74, 6) is 1.53. The van der Waals surface area contributed by atoms with Crippen LogP contribution in [0, 0.1) is 11.8 Å². The molecule has 0 radical (unpaired) electrons. The van der Waals surface area contributed by atoms with Crippen LogP contribution >= 0.6 is 0 Å². The van der Waals surface area contributed by atoms with Crippen LogP contribution in [-0.2, 0) is 13.0 Å². The summed E-state index contributed by atoms with van der Waals surface area (Å²) in [4.78, 5) is 0. The number of nitrogens with zero attached hydrogens (tertiary/aromatic N) is 2. The zero-order chi connectivity index (χ0) is 13.1. The van der Waals surface area contributed by atoms with Crippen LogP contribution in [0.4, 0.5) is 0 Å². The summed E-state index contributed by atoms with van der Waals surface area (Å²) >= 11 is 0. The van der Waals surface area contributed by atoms with Crippen LogP contribution in [-0.4, -0.2) is 9.78 Å². The second-order valence-electron chi connectivity index (χ2n) is 5.78. The number of aromatic nitrogens is 2. The molecule has 0 saturated heterocycles. The van der Waals surface area contributed by atoms with Gasteiger partial charge in [0, 0.05) is 12.6 Å². The Morgan fingerprint density at radius 2 is 2.00 bits per heavy atom. The van der Waals surface area contributed by atoms with Crippen LogP contribution < -0.4 is 5.73 Å². The maximum atomic E-state index is 6.50. The minimum Gasteiger partial charge on any atom is -0.322 e. The predicted molar refractivity (Wildman–Crippen MR) is 75.3 cm³/mol. The fourth-order valence-electron chi connectivity index (χ4n) is 3.07. The van der Waals surface area contributed by atoms with E-state index < -0.39 is 0 Å². The normalized spacial score (nSPS) is 26.2. The molecule has 3 nitrogen and oxygen atoms in total. The molecule has 0 amide bonds. The smallest absolute Gasteiger partial charge is 0.0625 e. The van der Waals surface area contributed by atoms with Crippen LogP contribution in [0.3, 0.4) is 0 Å². The molecule has 1 aliphatic rings. The highest BCUT2D eigenvalue weighted by molar-refractivity contribution is 5.15. The first-order valence-electron chi connectivity index (χ1n) is 7.47. The van der Waals surface area contributed by atoms with Crippen LogP contribution in [0.15, 0.2) is 6.07 Å². The minimum absolute atomic E-state index is 0.172. The van der Waals surface area contributed by atoms with Gasteiger partial charge in [-0.3, -0.25) is 4.68 Å². The molecule has 1 heterocycles. The summed E-state index contributed by atoms with van der Waals surface area (Å²) in [6.45, 7) is 7.57. The molecule has 1 fully saturated rings. The third-order valence-electron chi connectivity index (χ3n) is 4.43. The second-order valence-corrected chi connectivity index (χ2v) is 5.78. The van der Waals surface area contributed by atoms with Gasteiger partial charge in [-0.25, -0.2) is 0 Å². The second kappa shape index (κ2) is 5.87. The van der Waals surface area contributed by atoms with Crippen molar-refractivity contribution in [1.29, 1.82) is 0 Å². The molecule has 3 heteroatoms. The number of hydrogen-bond donors (Lipinski definition) is 1. The first kappa shape index (κ1) is 13.6. The van der Waals surface area contributed by atoms with E-state index in [0.29, 0.717) is 5.92 Å². The summed E-state index contributed by atoms with van der Waals surface area (Å²) in [6.07, 6.45) is 6.21. The Labute approximate surface area is 111 Å². The maximum Gasteiger partial charge on any atom is 0.0625 e. The Bertz CT molecular complexity index is 375. The number of rotatable bonds is 4. The zero-order valence-electron chi connectivity index (χ0n) is 12.0. The summed E-state index contributed by atoms with van der Waals surface area (Å²) in [7, 11) is 0. The standard InChI is InChI=1S/C15H27N3/c1-4-13-10-14(18(5-2)17-13)15(16)12-8-6-11(3)7-9-12/h10-12,15H,4-9,16H2,1-3H3. The van der Waals surface area contributed by atoms with Gasteiger partial charge in [-0.05, 0) is 44.1 Å². The number of nitrogens with two attached hydrogens (primary N) is 1. The highest BCUT2D eigenvalue weighted by Crippen LogP contribution is 2.35. The molecular formula is C15H27N3. The van der Waals surface area contributed by atoms with Gasteiger partial charge in [-0.15, -0.1) is 0 Å². The Hall–Kier alpha value is -0.830. The van der Waals surface area contributed by atoms with Gasteiger partial charge in [-0.2, -0.15) is 5.10 Å². The van der Waals surface area contributed by atoms with Crippen molar-refractivity contribution in [3.63, 3.8) is 0 Å². The van der Waals surface area contributed by atoms with E-state index in [4.69, 9.17) is 5.73 Å². The van der Waals surface area contributed by atoms with Gasteiger partial charge in [0.1, 0.15) is 0 Å². The molecule has 2 rings (SSSR count). The van der Waals surface area contributed by atoms with E-state index in [1.54, 1.807) is 0 Å². The molecular weight excluding hydrogens is 222 g/mol. The van der Waals surface area contributed by atoms with E-state index in [2.05, 4.69) is 36.6 Å². The Morgan fingerprint density at radius 1 is 1.33 bits per heavy atom. The van der Waals surface area contributed by atoms with E-state index in [0.717, 1.165) is 18.9 Å². The van der Waals surface area contributed by atoms with E-state index in [1.165, 1.54) is 37.1 Å². The van der Waals surface area contributed by atoms with E-state index in [9.17, 15) is 0 Å². The largest absolute Gasteiger partial charge is 0.322 e. The fourth-order valence-corrected chi connectivity index (χ4v) is 3.07. The van der Waals surface area contributed by atoms with Crippen molar-refractivity contribution in [2.24, 2.45) is 17.6 Å². The van der Waals surface area contributed by atoms with Gasteiger partial charge in [0.15, 0.2) is 0 Å². The summed E-state index contributed by atoms with van der Waals surface area (Å²) in [5.41, 5.74) is 8.92. The van der Waals surface area contributed by atoms with Gasteiger partial charge in [0.2, 0.25) is 0 Å². The van der Waals surface area contributed by atoms with Crippen molar-refractivity contribution in [3.05, 3.63) is 17.5 Å². The Morgan fingerprint density at radius 3 is 2.56 bits per heavy atom. The first-order valence-corrected chi connectivity index (χ1v) is 7.47. The van der Waals surface area contributed by atoms with Gasteiger partial charge in [-0.1, -0.05) is 26.7 Å². The molecule has 102 valence electrons. The van der Waals surface area contributed by atoms with Crippen LogP contribution in [0.25, 0.3) is 0 Å². The molecule has 1 unspecified atom stereocenters. The first-order chi connectivity index (χ1) is 8.65. The van der Waals surface area contributed by atoms with E-state index >= 15 is 0 Å². The molecule has 0 aromatic carbocycles. The van der Waals surface area contributed by atoms with Gasteiger partial charge in [0.05, 0.1) is 11.4 Å². The molecule has 1 aromatic heterocycles. The molecule has 1 aliphatic carbocycles. The lowest BCUT2D eigenvalue weighted by molar-refractivity contribution is 0.250. The Balaban J connectivity index is 2.12. The molecule has 0 spiro atoms. The summed E-state index contributed by atoms with van der Waals surface area (Å²) < 4.78 is 2.10. The third kappa shape index (κ3) is 2.77. The average molecular weight is 249 g/mol. The van der Waals surface area contributed by atoms with E-state index in [-0.39, 0.29) is 6.04 Å². The third-order valence-corrected chi connectivity index (χ3v) is 4.43.